The second-order valence-electron chi connectivity index (χ2n) is 8.20. The van der Waals surface area contributed by atoms with Gasteiger partial charge in [0.05, 0.1) is 25.4 Å². The third-order valence-electron chi connectivity index (χ3n) is 5.88. The lowest BCUT2D eigenvalue weighted by atomic mass is 9.96. The zero-order valence-corrected chi connectivity index (χ0v) is 18.9. The Morgan fingerprint density at radius 2 is 1.53 bits per heavy atom. The third kappa shape index (κ3) is 6.15. The van der Waals surface area contributed by atoms with Gasteiger partial charge in [-0.05, 0) is 17.2 Å². The molecule has 4 rings (SSSR count). The van der Waals surface area contributed by atoms with Crippen molar-refractivity contribution in [2.24, 2.45) is 0 Å². The van der Waals surface area contributed by atoms with Crippen LogP contribution in [-0.2, 0) is 11.3 Å². The van der Waals surface area contributed by atoms with E-state index in [2.05, 4.69) is 75.4 Å². The number of β-amino-alcohol motifs (C(OH)–C–C–N with tert-alkyl or cyclic N) is 1. The summed E-state index contributed by atoms with van der Waals surface area (Å²) in [4.78, 5) is 8.91. The van der Waals surface area contributed by atoms with Gasteiger partial charge < -0.3 is 9.84 Å². The highest BCUT2D eigenvalue weighted by Crippen LogP contribution is 2.29. The molecule has 5 nitrogen and oxygen atoms in total. The summed E-state index contributed by atoms with van der Waals surface area (Å²) in [5.41, 5.74) is 3.46. The zero-order chi connectivity index (χ0) is 22.2. The van der Waals surface area contributed by atoms with E-state index in [1.165, 1.54) is 11.1 Å². The summed E-state index contributed by atoms with van der Waals surface area (Å²) in [6, 6.07) is 23.4. The van der Waals surface area contributed by atoms with Gasteiger partial charge in [0.25, 0.3) is 0 Å². The Labute approximate surface area is 195 Å². The van der Waals surface area contributed by atoms with Crippen LogP contribution < -0.4 is 0 Å². The van der Waals surface area contributed by atoms with Gasteiger partial charge >= 0.3 is 0 Å². The van der Waals surface area contributed by atoms with Crippen LogP contribution in [-0.4, -0.2) is 65.3 Å². The SMILES string of the molecule is OC(COCc1cnccc1Cl)CN1CCN(C(c2ccccc2)c2ccccc2)CC1. The second-order valence-corrected chi connectivity index (χ2v) is 8.60. The number of hydrogen-bond acceptors (Lipinski definition) is 5. The number of piperazine rings is 1. The molecule has 0 aliphatic carbocycles. The van der Waals surface area contributed by atoms with Crippen molar-refractivity contribution < 1.29 is 9.84 Å². The minimum atomic E-state index is -0.531. The summed E-state index contributed by atoms with van der Waals surface area (Å²) in [6.45, 7) is 4.98. The van der Waals surface area contributed by atoms with Crippen molar-refractivity contribution >= 4 is 11.6 Å². The van der Waals surface area contributed by atoms with Crippen LogP contribution >= 0.6 is 11.6 Å². The van der Waals surface area contributed by atoms with E-state index < -0.39 is 6.10 Å². The summed E-state index contributed by atoms with van der Waals surface area (Å²) < 4.78 is 5.67. The molecule has 1 N–H and O–H groups in total. The van der Waals surface area contributed by atoms with Crippen LogP contribution in [0.3, 0.4) is 0 Å². The van der Waals surface area contributed by atoms with Crippen molar-refractivity contribution in [3.8, 4) is 0 Å². The van der Waals surface area contributed by atoms with Gasteiger partial charge in [-0.3, -0.25) is 14.8 Å². The van der Waals surface area contributed by atoms with Crippen molar-refractivity contribution in [1.29, 1.82) is 0 Å². The third-order valence-corrected chi connectivity index (χ3v) is 6.25. The summed E-state index contributed by atoms with van der Waals surface area (Å²) in [5.74, 6) is 0. The Kier molecular flexibility index (Phi) is 8.26. The Hall–Kier alpha value is -2.28. The molecule has 32 heavy (non-hydrogen) atoms. The van der Waals surface area contributed by atoms with E-state index >= 15 is 0 Å². The number of nitrogens with zero attached hydrogens (tertiary/aromatic N) is 3. The predicted octanol–water partition coefficient (Wildman–Crippen LogP) is 4.02. The second kappa shape index (κ2) is 11.5. The van der Waals surface area contributed by atoms with E-state index in [1.807, 2.05) is 0 Å². The predicted molar refractivity (Wildman–Crippen MR) is 128 cm³/mol. The number of rotatable bonds is 9. The average Bonchev–Trinajstić information content (AvgIpc) is 2.83. The monoisotopic (exact) mass is 451 g/mol. The number of aliphatic hydroxyl groups is 1. The molecular weight excluding hydrogens is 422 g/mol. The normalized spacial score (nSPS) is 16.3. The van der Waals surface area contributed by atoms with Gasteiger partial charge in [-0.15, -0.1) is 0 Å². The highest BCUT2D eigenvalue weighted by atomic mass is 35.5. The lowest BCUT2D eigenvalue weighted by molar-refractivity contribution is -0.000748. The number of aromatic nitrogens is 1. The fourth-order valence-corrected chi connectivity index (χ4v) is 4.42. The van der Waals surface area contributed by atoms with Crippen molar-refractivity contribution in [2.45, 2.75) is 18.8 Å². The quantitative estimate of drug-likeness (QED) is 0.532. The number of aliphatic hydroxyl groups excluding tert-OH is 1. The molecule has 0 spiro atoms. The number of hydrogen-bond donors (Lipinski definition) is 1. The molecule has 6 heteroatoms. The van der Waals surface area contributed by atoms with Gasteiger partial charge in [0.15, 0.2) is 0 Å². The van der Waals surface area contributed by atoms with Crippen LogP contribution in [0.1, 0.15) is 22.7 Å². The molecule has 0 radical (unpaired) electrons. The van der Waals surface area contributed by atoms with Crippen molar-refractivity contribution in [2.75, 3.05) is 39.3 Å². The molecule has 168 valence electrons. The molecule has 3 aromatic rings. The first kappa shape index (κ1) is 22.9. The highest BCUT2D eigenvalue weighted by molar-refractivity contribution is 6.31. The first-order valence-electron chi connectivity index (χ1n) is 11.1. The van der Waals surface area contributed by atoms with Crippen molar-refractivity contribution in [1.82, 2.24) is 14.8 Å². The van der Waals surface area contributed by atoms with Crippen LogP contribution in [0.5, 0.6) is 0 Å². The smallest absolute Gasteiger partial charge is 0.0900 e. The maximum atomic E-state index is 10.5. The van der Waals surface area contributed by atoms with Gasteiger partial charge in [0, 0.05) is 55.7 Å². The molecule has 1 atom stereocenters. The number of ether oxygens (including phenoxy) is 1. The van der Waals surface area contributed by atoms with E-state index in [9.17, 15) is 5.11 Å². The van der Waals surface area contributed by atoms with Gasteiger partial charge in [-0.2, -0.15) is 0 Å². The van der Waals surface area contributed by atoms with Crippen LogP contribution in [0, 0.1) is 0 Å². The minimum absolute atomic E-state index is 0.247. The molecule has 2 heterocycles. The van der Waals surface area contributed by atoms with Crippen LogP contribution in [0.4, 0.5) is 0 Å². The molecule has 1 aliphatic rings. The summed E-state index contributed by atoms with van der Waals surface area (Å²) in [7, 11) is 0. The molecule has 1 saturated heterocycles. The van der Waals surface area contributed by atoms with E-state index in [-0.39, 0.29) is 12.6 Å². The van der Waals surface area contributed by atoms with E-state index in [4.69, 9.17) is 16.3 Å². The molecular formula is C26H30ClN3O2. The van der Waals surface area contributed by atoms with E-state index in [0.717, 1.165) is 31.7 Å². The van der Waals surface area contributed by atoms with Crippen molar-refractivity contribution in [3.63, 3.8) is 0 Å². The van der Waals surface area contributed by atoms with Gasteiger partial charge in [0.1, 0.15) is 0 Å². The Balaban J connectivity index is 1.28. The lowest BCUT2D eigenvalue weighted by Crippen LogP contribution is -2.50. The number of pyridine rings is 1. The molecule has 0 amide bonds. The molecule has 1 fully saturated rings. The molecule has 0 bridgehead atoms. The minimum Gasteiger partial charge on any atom is -0.389 e. The molecule has 0 saturated carbocycles. The lowest BCUT2D eigenvalue weighted by Gasteiger charge is -2.40. The zero-order valence-electron chi connectivity index (χ0n) is 18.2. The van der Waals surface area contributed by atoms with Gasteiger partial charge in [0.2, 0.25) is 0 Å². The average molecular weight is 452 g/mol. The van der Waals surface area contributed by atoms with Crippen LogP contribution in [0.15, 0.2) is 79.1 Å². The topological polar surface area (TPSA) is 48.8 Å². The molecule has 1 aromatic heterocycles. The fraction of sp³-hybridized carbons (Fsp3) is 0.346. The molecule has 1 unspecified atom stereocenters. The van der Waals surface area contributed by atoms with Crippen molar-refractivity contribution in [3.05, 3.63) is 101 Å². The first-order chi connectivity index (χ1) is 15.7. The van der Waals surface area contributed by atoms with Crippen LogP contribution in [0.25, 0.3) is 0 Å². The summed E-state index contributed by atoms with van der Waals surface area (Å²) in [6.07, 6.45) is 2.82. The van der Waals surface area contributed by atoms with E-state index in [1.54, 1.807) is 18.5 Å². The number of benzene rings is 2. The molecule has 2 aromatic carbocycles. The van der Waals surface area contributed by atoms with E-state index in [0.29, 0.717) is 18.2 Å². The Morgan fingerprint density at radius 1 is 0.906 bits per heavy atom. The standard InChI is InChI=1S/C26H30ClN3O2/c27-25-11-12-28-17-23(25)19-32-20-24(31)18-29-13-15-30(16-14-29)26(21-7-3-1-4-8-21)22-9-5-2-6-10-22/h1-12,17,24,26,31H,13-16,18-20H2. The number of halogens is 1. The Morgan fingerprint density at radius 3 is 2.12 bits per heavy atom. The maximum Gasteiger partial charge on any atom is 0.0900 e. The summed E-state index contributed by atoms with van der Waals surface area (Å²) in [5, 5.41) is 11.1. The van der Waals surface area contributed by atoms with Gasteiger partial charge in [-0.25, -0.2) is 0 Å². The maximum absolute atomic E-state index is 10.5. The Bertz CT molecular complexity index is 910. The fourth-order valence-electron chi connectivity index (χ4n) is 4.26. The highest BCUT2D eigenvalue weighted by Gasteiger charge is 2.27. The van der Waals surface area contributed by atoms with Gasteiger partial charge in [-0.1, -0.05) is 72.3 Å². The largest absolute Gasteiger partial charge is 0.389 e. The first-order valence-corrected chi connectivity index (χ1v) is 11.5. The summed E-state index contributed by atoms with van der Waals surface area (Å²) >= 11 is 6.13. The van der Waals surface area contributed by atoms with Crippen LogP contribution in [0.2, 0.25) is 5.02 Å². The molecule has 1 aliphatic heterocycles.